The van der Waals surface area contributed by atoms with Crippen LogP contribution in [0.15, 0.2) is 11.1 Å². The molecule has 0 fully saturated rings. The van der Waals surface area contributed by atoms with Crippen molar-refractivity contribution in [3.05, 3.63) is 27.1 Å². The Kier molecular flexibility index (Phi) is 5.57. The van der Waals surface area contributed by atoms with E-state index in [2.05, 4.69) is 24.1 Å². The molecule has 2 aromatic rings. The third-order valence-corrected chi connectivity index (χ3v) is 6.03. The van der Waals surface area contributed by atoms with E-state index in [4.69, 9.17) is 0 Å². The first-order valence-electron chi connectivity index (χ1n) is 9.24. The molecular weight excluding hydrogens is 334 g/mol. The van der Waals surface area contributed by atoms with E-state index in [0.29, 0.717) is 5.92 Å². The third kappa shape index (κ3) is 4.11. The van der Waals surface area contributed by atoms with Crippen LogP contribution in [0.3, 0.4) is 0 Å². The predicted molar refractivity (Wildman–Crippen MR) is 102 cm³/mol. The molecule has 1 unspecified atom stereocenters. The van der Waals surface area contributed by atoms with Gasteiger partial charge >= 0.3 is 0 Å². The second kappa shape index (κ2) is 7.68. The predicted octanol–water partition coefficient (Wildman–Crippen LogP) is 3.28. The standard InChI is InChI=1S/C19H27N3O2S/c1-12(2)6-4-7-13(3)21-16(23)10-22-11-20-18-17(19(22)24)14-8-5-9-15(14)25-18/h11-13H,4-10H2,1-3H3,(H,21,23). The molecule has 0 aromatic carbocycles. The van der Waals surface area contributed by atoms with Crippen molar-refractivity contribution in [1.82, 2.24) is 14.9 Å². The number of amides is 1. The number of aryl methyl sites for hydroxylation is 2. The SMILES string of the molecule is CC(C)CCCC(C)NC(=O)Cn1cnc2sc3c(c2c1=O)CCC3. The normalized spacial score (nSPS) is 14.9. The number of nitrogens with one attached hydrogen (secondary N) is 1. The lowest BCUT2D eigenvalue weighted by Crippen LogP contribution is -2.37. The van der Waals surface area contributed by atoms with Crippen LogP contribution in [0.1, 0.15) is 56.9 Å². The van der Waals surface area contributed by atoms with Crippen LogP contribution < -0.4 is 10.9 Å². The van der Waals surface area contributed by atoms with Gasteiger partial charge in [-0.3, -0.25) is 14.2 Å². The molecule has 2 aromatic heterocycles. The van der Waals surface area contributed by atoms with Crippen LogP contribution in [-0.2, 0) is 24.2 Å². The Hall–Kier alpha value is -1.69. The maximum Gasteiger partial charge on any atom is 0.262 e. The summed E-state index contributed by atoms with van der Waals surface area (Å²) in [4.78, 5) is 31.6. The number of hydrogen-bond acceptors (Lipinski definition) is 4. The number of carbonyl (C=O) groups is 1. The minimum Gasteiger partial charge on any atom is -0.352 e. The molecule has 1 amide bonds. The van der Waals surface area contributed by atoms with Crippen molar-refractivity contribution in [2.75, 3.05) is 0 Å². The van der Waals surface area contributed by atoms with Crippen molar-refractivity contribution in [2.24, 2.45) is 5.92 Å². The fourth-order valence-electron chi connectivity index (χ4n) is 3.51. The highest BCUT2D eigenvalue weighted by Crippen LogP contribution is 2.34. The van der Waals surface area contributed by atoms with E-state index in [9.17, 15) is 9.59 Å². The van der Waals surface area contributed by atoms with Crippen molar-refractivity contribution < 1.29 is 4.79 Å². The minimum atomic E-state index is -0.118. The molecule has 6 heteroatoms. The molecule has 25 heavy (non-hydrogen) atoms. The fourth-order valence-corrected chi connectivity index (χ4v) is 4.73. The summed E-state index contributed by atoms with van der Waals surface area (Å²) in [6.07, 6.45) is 7.87. The maximum absolute atomic E-state index is 12.8. The molecule has 1 aliphatic carbocycles. The number of rotatable bonds is 7. The van der Waals surface area contributed by atoms with E-state index in [-0.39, 0.29) is 24.1 Å². The van der Waals surface area contributed by atoms with Crippen LogP contribution in [-0.4, -0.2) is 21.5 Å². The highest BCUT2D eigenvalue weighted by atomic mass is 32.1. The molecule has 3 rings (SSSR count). The maximum atomic E-state index is 12.8. The Bertz CT molecular complexity index is 822. The largest absolute Gasteiger partial charge is 0.352 e. The minimum absolute atomic E-state index is 0.0426. The molecule has 5 nitrogen and oxygen atoms in total. The molecule has 136 valence electrons. The zero-order valence-electron chi connectivity index (χ0n) is 15.3. The smallest absolute Gasteiger partial charge is 0.262 e. The first-order valence-corrected chi connectivity index (χ1v) is 10.1. The van der Waals surface area contributed by atoms with Gasteiger partial charge in [0.05, 0.1) is 11.7 Å². The van der Waals surface area contributed by atoms with Gasteiger partial charge in [-0.1, -0.05) is 26.7 Å². The lowest BCUT2D eigenvalue weighted by atomic mass is 10.0. The van der Waals surface area contributed by atoms with E-state index in [1.807, 2.05) is 6.92 Å². The van der Waals surface area contributed by atoms with Crippen molar-refractivity contribution in [3.8, 4) is 0 Å². The van der Waals surface area contributed by atoms with Crippen molar-refractivity contribution >= 4 is 27.5 Å². The van der Waals surface area contributed by atoms with Crippen LogP contribution in [0.2, 0.25) is 0 Å². The topological polar surface area (TPSA) is 64.0 Å². The van der Waals surface area contributed by atoms with E-state index in [1.165, 1.54) is 22.2 Å². The molecule has 0 spiro atoms. The Morgan fingerprint density at radius 1 is 1.32 bits per heavy atom. The molecule has 2 heterocycles. The fraction of sp³-hybridized carbons (Fsp3) is 0.632. The lowest BCUT2D eigenvalue weighted by Gasteiger charge is -2.15. The van der Waals surface area contributed by atoms with Gasteiger partial charge in [0.25, 0.3) is 5.56 Å². The summed E-state index contributed by atoms with van der Waals surface area (Å²) in [7, 11) is 0. The monoisotopic (exact) mass is 361 g/mol. The summed E-state index contributed by atoms with van der Waals surface area (Å²) in [6, 6.07) is 0.129. The number of fused-ring (bicyclic) bond motifs is 3. The lowest BCUT2D eigenvalue weighted by molar-refractivity contribution is -0.122. The van der Waals surface area contributed by atoms with Crippen LogP contribution >= 0.6 is 11.3 Å². The molecule has 0 saturated heterocycles. The molecule has 0 saturated carbocycles. The summed E-state index contributed by atoms with van der Waals surface area (Å²) in [6.45, 7) is 6.48. The quantitative estimate of drug-likeness (QED) is 0.823. The first-order chi connectivity index (χ1) is 12.0. The molecule has 1 N–H and O–H groups in total. The van der Waals surface area contributed by atoms with E-state index >= 15 is 0 Å². The molecule has 1 atom stereocenters. The Balaban J connectivity index is 1.65. The summed E-state index contributed by atoms with van der Waals surface area (Å²) < 4.78 is 1.45. The van der Waals surface area contributed by atoms with Gasteiger partial charge in [0, 0.05) is 10.9 Å². The Morgan fingerprint density at radius 2 is 2.12 bits per heavy atom. The second-order valence-electron chi connectivity index (χ2n) is 7.51. The van der Waals surface area contributed by atoms with Crippen LogP contribution in [0.4, 0.5) is 0 Å². The van der Waals surface area contributed by atoms with Crippen molar-refractivity contribution in [1.29, 1.82) is 0 Å². The zero-order valence-corrected chi connectivity index (χ0v) is 16.1. The third-order valence-electron chi connectivity index (χ3n) is 4.83. The van der Waals surface area contributed by atoms with Crippen molar-refractivity contribution in [2.45, 2.75) is 71.9 Å². The Labute approximate surface area is 152 Å². The average Bonchev–Trinajstić information content (AvgIpc) is 3.10. The molecule has 1 aliphatic rings. The average molecular weight is 362 g/mol. The van der Waals surface area contributed by atoms with Crippen molar-refractivity contribution in [3.63, 3.8) is 0 Å². The van der Waals surface area contributed by atoms with Gasteiger partial charge in [-0.05, 0) is 44.1 Å². The van der Waals surface area contributed by atoms with Gasteiger partial charge < -0.3 is 5.32 Å². The van der Waals surface area contributed by atoms with Crippen LogP contribution in [0, 0.1) is 5.92 Å². The summed E-state index contributed by atoms with van der Waals surface area (Å²) in [5.74, 6) is 0.568. The van der Waals surface area contributed by atoms with E-state index < -0.39 is 0 Å². The van der Waals surface area contributed by atoms with Gasteiger partial charge in [0.2, 0.25) is 5.91 Å². The number of nitrogens with zero attached hydrogens (tertiary/aromatic N) is 2. The number of carbonyl (C=O) groups excluding carboxylic acids is 1. The summed E-state index contributed by atoms with van der Waals surface area (Å²) in [5.41, 5.74) is 1.08. The number of hydrogen-bond donors (Lipinski definition) is 1. The molecule has 0 aliphatic heterocycles. The van der Waals surface area contributed by atoms with Crippen LogP contribution in [0.5, 0.6) is 0 Å². The van der Waals surface area contributed by atoms with Gasteiger partial charge in [-0.2, -0.15) is 0 Å². The van der Waals surface area contributed by atoms with E-state index in [1.54, 1.807) is 11.3 Å². The summed E-state index contributed by atoms with van der Waals surface area (Å²) >= 11 is 1.63. The second-order valence-corrected chi connectivity index (χ2v) is 8.59. The van der Waals surface area contributed by atoms with Gasteiger partial charge in [-0.25, -0.2) is 4.98 Å². The number of thiophene rings is 1. The van der Waals surface area contributed by atoms with Gasteiger partial charge in [-0.15, -0.1) is 11.3 Å². The highest BCUT2D eigenvalue weighted by molar-refractivity contribution is 7.18. The zero-order chi connectivity index (χ0) is 18.0. The van der Waals surface area contributed by atoms with E-state index in [0.717, 1.165) is 47.9 Å². The summed E-state index contributed by atoms with van der Waals surface area (Å²) in [5, 5.41) is 3.73. The van der Waals surface area contributed by atoms with Crippen LogP contribution in [0.25, 0.3) is 10.2 Å². The number of aromatic nitrogens is 2. The Morgan fingerprint density at radius 3 is 2.88 bits per heavy atom. The molecule has 0 bridgehead atoms. The molecular formula is C19H27N3O2S. The highest BCUT2D eigenvalue weighted by Gasteiger charge is 2.21. The van der Waals surface area contributed by atoms with Gasteiger partial charge in [0.1, 0.15) is 11.4 Å². The first kappa shape index (κ1) is 18.1. The van der Waals surface area contributed by atoms with Gasteiger partial charge in [0.15, 0.2) is 0 Å². The molecule has 0 radical (unpaired) electrons.